The summed E-state index contributed by atoms with van der Waals surface area (Å²) in [6, 6.07) is 3.45. The average Bonchev–Trinajstić information content (AvgIpc) is 2.81. The largest absolute Gasteiger partial charge is 0.467 e. The first-order valence-corrected chi connectivity index (χ1v) is 10.7. The smallest absolute Gasteiger partial charge is 0.339 e. The molecule has 1 aliphatic heterocycles. The number of rotatable bonds is 9. The van der Waals surface area contributed by atoms with Crippen LogP contribution >= 0.6 is 0 Å². The number of ether oxygens (including phenoxy) is 6. The highest BCUT2D eigenvalue weighted by molar-refractivity contribution is 5.77. The molecule has 0 amide bonds. The number of hydrogen-bond acceptors (Lipinski definition) is 13. The topological polar surface area (TPSA) is 187 Å². The van der Waals surface area contributed by atoms with Crippen molar-refractivity contribution in [2.45, 2.75) is 64.0 Å². The second-order valence-corrected chi connectivity index (χ2v) is 7.70. The summed E-state index contributed by atoms with van der Waals surface area (Å²) in [7, 11) is 1.01. The van der Waals surface area contributed by atoms with Crippen molar-refractivity contribution < 1.29 is 57.6 Å². The molecule has 1 N–H and O–H groups in total. The number of nitro benzene ring substituents is 1. The minimum absolute atomic E-state index is 0.111. The lowest BCUT2D eigenvalue weighted by molar-refractivity contribution is -0.387. The van der Waals surface area contributed by atoms with E-state index in [1.165, 1.54) is 6.07 Å². The van der Waals surface area contributed by atoms with Gasteiger partial charge < -0.3 is 33.5 Å². The van der Waals surface area contributed by atoms with E-state index < -0.39 is 77.0 Å². The van der Waals surface area contributed by atoms with Crippen molar-refractivity contribution in [2.24, 2.45) is 0 Å². The number of benzene rings is 1. The predicted octanol–water partition coefficient (Wildman–Crippen LogP) is 0.723. The Bertz CT molecular complexity index is 1090. The predicted molar refractivity (Wildman–Crippen MR) is 119 cm³/mol. The zero-order chi connectivity index (χ0) is 27.9. The van der Waals surface area contributed by atoms with Gasteiger partial charge in [0.2, 0.25) is 12.4 Å². The standard InChI is InChI=1S/C23H25NO13/c1-6-7-16(28)14-8-9-17(15(10-14)24(30)31)36-23-21(35-13(4)27)19(34-12(3)26)18(33-11(2)25)20(37-23)22(29)32-5/h1,8-10,16,18-21,23,28H,7H2,2-5H3/t16-,18-,19-,20-,21+,23+/m0/s1. The number of carbonyl (C=O) groups excluding carboxylic acids is 4. The van der Waals surface area contributed by atoms with Crippen LogP contribution in [-0.4, -0.2) is 71.7 Å². The third-order valence-corrected chi connectivity index (χ3v) is 4.95. The molecule has 1 aliphatic rings. The van der Waals surface area contributed by atoms with Gasteiger partial charge in [-0.25, -0.2) is 4.79 Å². The number of hydrogen-bond donors (Lipinski definition) is 1. The Kier molecular flexibility index (Phi) is 9.92. The Balaban J connectivity index is 2.59. The maximum atomic E-state index is 12.5. The fourth-order valence-electron chi connectivity index (χ4n) is 3.51. The fraction of sp³-hybridized carbons (Fsp3) is 0.478. The van der Waals surface area contributed by atoms with Gasteiger partial charge in [-0.15, -0.1) is 12.3 Å². The number of aliphatic hydroxyl groups excluding tert-OH is 1. The summed E-state index contributed by atoms with van der Waals surface area (Å²) >= 11 is 0. The minimum atomic E-state index is -1.79. The van der Waals surface area contributed by atoms with Crippen LogP contribution in [0.25, 0.3) is 0 Å². The molecule has 200 valence electrons. The molecule has 2 rings (SSSR count). The summed E-state index contributed by atoms with van der Waals surface area (Å²) in [5.41, 5.74) is -0.502. The van der Waals surface area contributed by atoms with E-state index in [-0.39, 0.29) is 12.0 Å². The van der Waals surface area contributed by atoms with Crippen LogP contribution in [0.5, 0.6) is 5.75 Å². The summed E-state index contributed by atoms with van der Waals surface area (Å²) in [6.07, 6.45) is -4.58. The second-order valence-electron chi connectivity index (χ2n) is 7.70. The third kappa shape index (κ3) is 7.38. The maximum absolute atomic E-state index is 12.5. The lowest BCUT2D eigenvalue weighted by Gasteiger charge is -2.42. The first kappa shape index (κ1) is 29.0. The number of nitrogens with zero attached hydrogens (tertiary/aromatic N) is 1. The number of carbonyl (C=O) groups is 4. The number of terminal acetylenes is 1. The SMILES string of the molecule is C#CC[C@H](O)c1ccc(O[C@@H]2O[C@H](C(=O)OC)[C@@H](OC(C)=O)[C@H](OC(C)=O)[C@H]2OC(C)=O)c([N+](=O)[O-])c1. The summed E-state index contributed by atoms with van der Waals surface area (Å²) in [6.45, 7) is 3.04. The van der Waals surface area contributed by atoms with Gasteiger partial charge in [0.05, 0.1) is 18.1 Å². The normalized spacial score (nSPS) is 23.5. The average molecular weight is 523 g/mol. The Labute approximate surface area is 210 Å². The van der Waals surface area contributed by atoms with E-state index in [9.17, 15) is 34.4 Å². The summed E-state index contributed by atoms with van der Waals surface area (Å²) in [5, 5.41) is 21.8. The molecule has 14 heteroatoms. The fourth-order valence-corrected chi connectivity index (χ4v) is 3.51. The van der Waals surface area contributed by atoms with Gasteiger partial charge in [-0.2, -0.15) is 0 Å². The molecule has 0 bridgehead atoms. The van der Waals surface area contributed by atoms with Gasteiger partial charge >= 0.3 is 29.6 Å². The second kappa shape index (κ2) is 12.7. The Morgan fingerprint density at radius 3 is 2.16 bits per heavy atom. The molecule has 1 aromatic rings. The number of esters is 4. The molecule has 6 atom stereocenters. The Hall–Kier alpha value is -4.22. The lowest BCUT2D eigenvalue weighted by atomic mass is 9.97. The maximum Gasteiger partial charge on any atom is 0.339 e. The van der Waals surface area contributed by atoms with Gasteiger partial charge in [-0.05, 0) is 11.6 Å². The molecule has 37 heavy (non-hydrogen) atoms. The van der Waals surface area contributed by atoms with Crippen molar-refractivity contribution in [2.75, 3.05) is 7.11 Å². The van der Waals surface area contributed by atoms with Crippen LogP contribution in [-0.2, 0) is 42.9 Å². The minimum Gasteiger partial charge on any atom is -0.467 e. The zero-order valence-corrected chi connectivity index (χ0v) is 20.3. The zero-order valence-electron chi connectivity index (χ0n) is 20.3. The van der Waals surface area contributed by atoms with Crippen molar-refractivity contribution in [3.8, 4) is 18.1 Å². The van der Waals surface area contributed by atoms with E-state index in [0.717, 1.165) is 40.0 Å². The number of methoxy groups -OCH3 is 1. The third-order valence-electron chi connectivity index (χ3n) is 4.95. The van der Waals surface area contributed by atoms with Crippen molar-refractivity contribution in [3.05, 3.63) is 33.9 Å². The molecule has 0 spiro atoms. The summed E-state index contributed by atoms with van der Waals surface area (Å²) in [4.78, 5) is 58.9. The Morgan fingerprint density at radius 1 is 1.08 bits per heavy atom. The number of aliphatic hydroxyl groups is 1. The van der Waals surface area contributed by atoms with E-state index >= 15 is 0 Å². The van der Waals surface area contributed by atoms with Crippen molar-refractivity contribution >= 4 is 29.6 Å². The summed E-state index contributed by atoms with van der Waals surface area (Å²) < 4.78 is 31.5. The van der Waals surface area contributed by atoms with E-state index in [0.29, 0.717) is 0 Å². The first-order valence-electron chi connectivity index (χ1n) is 10.7. The monoisotopic (exact) mass is 523 g/mol. The van der Waals surface area contributed by atoms with E-state index in [1.807, 2.05) is 0 Å². The van der Waals surface area contributed by atoms with Crippen LogP contribution in [0.3, 0.4) is 0 Å². The number of nitro groups is 1. The molecule has 1 aromatic carbocycles. The molecule has 0 unspecified atom stereocenters. The van der Waals surface area contributed by atoms with Gasteiger partial charge in [-0.3, -0.25) is 24.5 Å². The van der Waals surface area contributed by atoms with Gasteiger partial charge in [0.25, 0.3) is 0 Å². The highest BCUT2D eigenvalue weighted by Gasteiger charge is 2.56. The highest BCUT2D eigenvalue weighted by Crippen LogP contribution is 2.36. The van der Waals surface area contributed by atoms with E-state index in [4.69, 9.17) is 30.1 Å². The van der Waals surface area contributed by atoms with Crippen molar-refractivity contribution in [1.29, 1.82) is 0 Å². The molecule has 14 nitrogen and oxygen atoms in total. The van der Waals surface area contributed by atoms with Gasteiger partial charge in [0.1, 0.15) is 0 Å². The lowest BCUT2D eigenvalue weighted by Crippen LogP contribution is -2.64. The molecule has 0 aromatic heterocycles. The van der Waals surface area contributed by atoms with Crippen LogP contribution in [0.2, 0.25) is 0 Å². The van der Waals surface area contributed by atoms with Crippen molar-refractivity contribution in [1.82, 2.24) is 0 Å². The molecule has 1 fully saturated rings. The van der Waals surface area contributed by atoms with Crippen LogP contribution in [0.4, 0.5) is 5.69 Å². The van der Waals surface area contributed by atoms with Gasteiger partial charge in [-0.1, -0.05) is 6.07 Å². The highest BCUT2D eigenvalue weighted by atomic mass is 16.7. The molecule has 1 saturated heterocycles. The molecular formula is C23H25NO13. The van der Waals surface area contributed by atoms with E-state index in [2.05, 4.69) is 10.7 Å². The van der Waals surface area contributed by atoms with Crippen LogP contribution in [0.15, 0.2) is 18.2 Å². The van der Waals surface area contributed by atoms with Crippen molar-refractivity contribution in [3.63, 3.8) is 0 Å². The summed E-state index contributed by atoms with van der Waals surface area (Å²) in [5.74, 6) is -1.94. The Morgan fingerprint density at radius 2 is 1.65 bits per heavy atom. The first-order chi connectivity index (χ1) is 17.4. The molecule has 0 radical (unpaired) electrons. The van der Waals surface area contributed by atoms with Crippen LogP contribution in [0.1, 0.15) is 38.9 Å². The van der Waals surface area contributed by atoms with Crippen LogP contribution in [0, 0.1) is 22.5 Å². The molecule has 0 aliphatic carbocycles. The van der Waals surface area contributed by atoms with Gasteiger partial charge in [0.15, 0.2) is 24.1 Å². The molecule has 1 heterocycles. The quantitative estimate of drug-likeness (QED) is 0.157. The van der Waals surface area contributed by atoms with E-state index in [1.54, 1.807) is 0 Å². The molecular weight excluding hydrogens is 498 g/mol. The van der Waals surface area contributed by atoms with Gasteiger partial charge in [0, 0.05) is 33.3 Å². The van der Waals surface area contributed by atoms with Crippen LogP contribution < -0.4 is 4.74 Å². The molecule has 0 saturated carbocycles.